The van der Waals surface area contributed by atoms with Crippen molar-refractivity contribution in [1.82, 2.24) is 5.32 Å². The molecule has 0 aliphatic heterocycles. The van der Waals surface area contributed by atoms with Gasteiger partial charge < -0.3 is 10.1 Å². The van der Waals surface area contributed by atoms with Crippen LogP contribution in [0.25, 0.3) is 0 Å². The third-order valence-electron chi connectivity index (χ3n) is 3.29. The molecule has 1 rings (SSSR count). The Kier molecular flexibility index (Phi) is 5.49. The molecule has 1 aliphatic rings. The van der Waals surface area contributed by atoms with Gasteiger partial charge in [-0.25, -0.2) is 0 Å². The highest BCUT2D eigenvalue weighted by Gasteiger charge is 2.24. The van der Waals surface area contributed by atoms with Crippen LogP contribution in [0.15, 0.2) is 0 Å². The second kappa shape index (κ2) is 6.41. The second-order valence-corrected chi connectivity index (χ2v) is 4.65. The minimum absolute atomic E-state index is 0.728. The van der Waals surface area contributed by atoms with Gasteiger partial charge in [0.2, 0.25) is 0 Å². The highest BCUT2D eigenvalue weighted by atomic mass is 16.5. The number of hydrogen-bond acceptors (Lipinski definition) is 2. The standard InChI is InChI=1S/C12H25NO/c1-4-14-8-7-13-12-6-5-10(2)9-11(12)3/h10-13H,4-9H2,1-3H3. The average Bonchev–Trinajstić information content (AvgIpc) is 2.15. The summed E-state index contributed by atoms with van der Waals surface area (Å²) in [5, 5.41) is 3.60. The SMILES string of the molecule is CCOCCNC1CCC(C)CC1C. The van der Waals surface area contributed by atoms with E-state index in [-0.39, 0.29) is 0 Å². The summed E-state index contributed by atoms with van der Waals surface area (Å²) >= 11 is 0. The molecule has 1 N–H and O–H groups in total. The molecular weight excluding hydrogens is 174 g/mol. The van der Waals surface area contributed by atoms with E-state index in [2.05, 4.69) is 19.2 Å². The molecule has 0 aromatic heterocycles. The predicted octanol–water partition coefficient (Wildman–Crippen LogP) is 2.44. The van der Waals surface area contributed by atoms with Crippen molar-refractivity contribution in [2.45, 2.75) is 46.1 Å². The van der Waals surface area contributed by atoms with Crippen LogP contribution >= 0.6 is 0 Å². The van der Waals surface area contributed by atoms with Gasteiger partial charge in [-0.1, -0.05) is 13.8 Å². The Morgan fingerprint density at radius 3 is 2.71 bits per heavy atom. The summed E-state index contributed by atoms with van der Waals surface area (Å²) < 4.78 is 5.32. The molecule has 84 valence electrons. The average molecular weight is 199 g/mol. The lowest BCUT2D eigenvalue weighted by Crippen LogP contribution is -2.40. The van der Waals surface area contributed by atoms with Crippen molar-refractivity contribution in [3.8, 4) is 0 Å². The lowest BCUT2D eigenvalue weighted by Gasteiger charge is -2.33. The molecular formula is C12H25NO. The molecule has 0 aromatic rings. The van der Waals surface area contributed by atoms with Crippen molar-refractivity contribution in [2.75, 3.05) is 19.8 Å². The molecule has 0 heterocycles. The monoisotopic (exact) mass is 199 g/mol. The Morgan fingerprint density at radius 1 is 1.29 bits per heavy atom. The normalized spacial score (nSPS) is 33.2. The van der Waals surface area contributed by atoms with E-state index < -0.39 is 0 Å². The summed E-state index contributed by atoms with van der Waals surface area (Å²) in [7, 11) is 0. The molecule has 14 heavy (non-hydrogen) atoms. The number of nitrogens with one attached hydrogen (secondary N) is 1. The lowest BCUT2D eigenvalue weighted by atomic mass is 9.80. The zero-order chi connectivity index (χ0) is 10.4. The molecule has 0 aromatic carbocycles. The molecule has 2 heteroatoms. The summed E-state index contributed by atoms with van der Waals surface area (Å²) in [5.41, 5.74) is 0. The largest absolute Gasteiger partial charge is 0.380 e. The fourth-order valence-corrected chi connectivity index (χ4v) is 2.43. The Morgan fingerprint density at radius 2 is 2.07 bits per heavy atom. The first-order chi connectivity index (χ1) is 6.74. The van der Waals surface area contributed by atoms with Crippen molar-refractivity contribution in [1.29, 1.82) is 0 Å². The second-order valence-electron chi connectivity index (χ2n) is 4.65. The molecule has 1 aliphatic carbocycles. The van der Waals surface area contributed by atoms with E-state index in [0.717, 1.165) is 37.6 Å². The molecule has 0 radical (unpaired) electrons. The van der Waals surface area contributed by atoms with Crippen molar-refractivity contribution in [3.05, 3.63) is 0 Å². The maximum Gasteiger partial charge on any atom is 0.0590 e. The topological polar surface area (TPSA) is 21.3 Å². The smallest absolute Gasteiger partial charge is 0.0590 e. The van der Waals surface area contributed by atoms with Gasteiger partial charge in [0.25, 0.3) is 0 Å². The summed E-state index contributed by atoms with van der Waals surface area (Å²) in [6, 6.07) is 0.728. The third kappa shape index (κ3) is 3.97. The highest BCUT2D eigenvalue weighted by Crippen LogP contribution is 2.28. The molecule has 0 amide bonds. The van der Waals surface area contributed by atoms with Gasteiger partial charge in [-0.3, -0.25) is 0 Å². The number of ether oxygens (including phenoxy) is 1. The van der Waals surface area contributed by atoms with Crippen molar-refractivity contribution in [2.24, 2.45) is 11.8 Å². The van der Waals surface area contributed by atoms with E-state index in [9.17, 15) is 0 Å². The van der Waals surface area contributed by atoms with Crippen molar-refractivity contribution in [3.63, 3.8) is 0 Å². The molecule has 3 unspecified atom stereocenters. The minimum atomic E-state index is 0.728. The molecule has 0 saturated heterocycles. The van der Waals surface area contributed by atoms with Crippen LogP contribution in [0.4, 0.5) is 0 Å². The van der Waals surface area contributed by atoms with Gasteiger partial charge in [0.05, 0.1) is 6.61 Å². The summed E-state index contributed by atoms with van der Waals surface area (Å²) in [4.78, 5) is 0. The first-order valence-electron chi connectivity index (χ1n) is 6.05. The van der Waals surface area contributed by atoms with Crippen LogP contribution in [-0.4, -0.2) is 25.8 Å². The Labute approximate surface area is 88.4 Å². The van der Waals surface area contributed by atoms with Gasteiger partial charge in [-0.15, -0.1) is 0 Å². The number of hydrogen-bond donors (Lipinski definition) is 1. The summed E-state index contributed by atoms with van der Waals surface area (Å²) in [6.45, 7) is 9.48. The van der Waals surface area contributed by atoms with Crippen molar-refractivity contribution < 1.29 is 4.74 Å². The molecule has 0 spiro atoms. The zero-order valence-electron chi connectivity index (χ0n) is 9.88. The van der Waals surface area contributed by atoms with Crippen LogP contribution < -0.4 is 5.32 Å². The predicted molar refractivity (Wildman–Crippen MR) is 60.5 cm³/mol. The third-order valence-corrected chi connectivity index (χ3v) is 3.29. The van der Waals surface area contributed by atoms with Crippen LogP contribution in [0.3, 0.4) is 0 Å². The summed E-state index contributed by atoms with van der Waals surface area (Å²) in [5.74, 6) is 1.76. The Bertz CT molecular complexity index is 149. The van der Waals surface area contributed by atoms with Crippen LogP contribution in [0, 0.1) is 11.8 Å². The molecule has 1 saturated carbocycles. The van der Waals surface area contributed by atoms with Crippen molar-refractivity contribution >= 4 is 0 Å². The van der Waals surface area contributed by atoms with E-state index in [1.165, 1.54) is 19.3 Å². The van der Waals surface area contributed by atoms with E-state index in [1.807, 2.05) is 6.92 Å². The van der Waals surface area contributed by atoms with Crippen LogP contribution in [-0.2, 0) is 4.74 Å². The lowest BCUT2D eigenvalue weighted by molar-refractivity contribution is 0.138. The van der Waals surface area contributed by atoms with E-state index in [0.29, 0.717) is 0 Å². The maximum atomic E-state index is 5.32. The molecule has 1 fully saturated rings. The maximum absolute atomic E-state index is 5.32. The fourth-order valence-electron chi connectivity index (χ4n) is 2.43. The van der Waals surface area contributed by atoms with Gasteiger partial charge in [-0.2, -0.15) is 0 Å². The first-order valence-corrected chi connectivity index (χ1v) is 6.05. The Hall–Kier alpha value is -0.0800. The quantitative estimate of drug-likeness (QED) is 0.687. The fraction of sp³-hybridized carbons (Fsp3) is 1.00. The van der Waals surface area contributed by atoms with E-state index >= 15 is 0 Å². The first kappa shape index (κ1) is 12.0. The number of rotatable bonds is 5. The van der Waals surface area contributed by atoms with E-state index in [4.69, 9.17) is 4.74 Å². The van der Waals surface area contributed by atoms with Crippen LogP contribution in [0.2, 0.25) is 0 Å². The summed E-state index contributed by atoms with van der Waals surface area (Å²) in [6.07, 6.45) is 4.11. The highest BCUT2D eigenvalue weighted by molar-refractivity contribution is 4.80. The van der Waals surface area contributed by atoms with Crippen LogP contribution in [0.1, 0.15) is 40.0 Å². The zero-order valence-corrected chi connectivity index (χ0v) is 9.88. The van der Waals surface area contributed by atoms with E-state index in [1.54, 1.807) is 0 Å². The molecule has 2 nitrogen and oxygen atoms in total. The minimum Gasteiger partial charge on any atom is -0.380 e. The van der Waals surface area contributed by atoms with Gasteiger partial charge in [-0.05, 0) is 38.0 Å². The van der Waals surface area contributed by atoms with Gasteiger partial charge in [0.15, 0.2) is 0 Å². The van der Waals surface area contributed by atoms with Gasteiger partial charge in [0.1, 0.15) is 0 Å². The molecule has 3 atom stereocenters. The Balaban J connectivity index is 2.11. The molecule has 0 bridgehead atoms. The van der Waals surface area contributed by atoms with Gasteiger partial charge >= 0.3 is 0 Å². The van der Waals surface area contributed by atoms with Crippen LogP contribution in [0.5, 0.6) is 0 Å². The van der Waals surface area contributed by atoms with Gasteiger partial charge in [0, 0.05) is 19.2 Å².